The highest BCUT2D eigenvalue weighted by atomic mass is 32.2. The van der Waals surface area contributed by atoms with Crippen molar-refractivity contribution in [3.63, 3.8) is 0 Å². The van der Waals surface area contributed by atoms with Crippen LogP contribution in [0.2, 0.25) is 0 Å². The second-order valence-corrected chi connectivity index (χ2v) is 8.29. The van der Waals surface area contributed by atoms with Crippen molar-refractivity contribution in [2.24, 2.45) is 0 Å². The van der Waals surface area contributed by atoms with Gasteiger partial charge >= 0.3 is 5.97 Å². The van der Waals surface area contributed by atoms with Crippen molar-refractivity contribution < 1.29 is 17.9 Å². The lowest BCUT2D eigenvalue weighted by atomic mass is 10.1. The Hall–Kier alpha value is -2.70. The number of nitrogens with zero attached hydrogens (tertiary/aromatic N) is 1. The molecule has 6 heteroatoms. The Morgan fingerprint density at radius 2 is 1.63 bits per heavy atom. The fourth-order valence-electron chi connectivity index (χ4n) is 2.73. The van der Waals surface area contributed by atoms with Crippen molar-refractivity contribution in [2.45, 2.75) is 18.2 Å². The van der Waals surface area contributed by atoms with E-state index < -0.39 is 16.0 Å². The van der Waals surface area contributed by atoms with Crippen LogP contribution < -0.4 is 4.74 Å². The second kappa shape index (κ2) is 7.90. The molecule has 3 rings (SSSR count). The SMILES string of the molecule is CCc1ccc(OC(=O)CN(C)S(=O)(=O)c2ccc3ccccc3c2)cc1. The number of carbonyl (C=O) groups excluding carboxylic acids is 1. The lowest BCUT2D eigenvalue weighted by Crippen LogP contribution is -2.34. The maximum atomic E-state index is 12.8. The molecular weight excluding hydrogens is 362 g/mol. The molecule has 0 aliphatic rings. The number of ether oxygens (including phenoxy) is 1. The molecule has 0 saturated heterocycles. The molecule has 0 atom stereocenters. The summed E-state index contributed by atoms with van der Waals surface area (Å²) in [6.07, 6.45) is 0.890. The van der Waals surface area contributed by atoms with Gasteiger partial charge in [-0.1, -0.05) is 49.4 Å². The maximum absolute atomic E-state index is 12.8. The monoisotopic (exact) mass is 383 g/mol. The fraction of sp³-hybridized carbons (Fsp3) is 0.190. The number of likely N-dealkylation sites (N-methyl/N-ethyl adjacent to an activating group) is 1. The molecule has 3 aromatic carbocycles. The summed E-state index contributed by atoms with van der Waals surface area (Å²) in [5, 5.41) is 1.78. The Morgan fingerprint density at radius 1 is 0.963 bits per heavy atom. The zero-order valence-electron chi connectivity index (χ0n) is 15.3. The lowest BCUT2D eigenvalue weighted by Gasteiger charge is -2.17. The summed E-state index contributed by atoms with van der Waals surface area (Å²) < 4.78 is 31.8. The van der Waals surface area contributed by atoms with Gasteiger partial charge in [-0.3, -0.25) is 4.79 Å². The number of esters is 1. The molecule has 0 N–H and O–H groups in total. The van der Waals surface area contributed by atoms with E-state index in [-0.39, 0.29) is 11.4 Å². The normalized spacial score (nSPS) is 11.7. The Balaban J connectivity index is 1.72. The van der Waals surface area contributed by atoms with Gasteiger partial charge in [0.1, 0.15) is 12.3 Å². The minimum Gasteiger partial charge on any atom is -0.426 e. The van der Waals surface area contributed by atoms with Crippen LogP contribution in [0.3, 0.4) is 0 Å². The summed E-state index contributed by atoms with van der Waals surface area (Å²) in [4.78, 5) is 12.3. The van der Waals surface area contributed by atoms with Gasteiger partial charge in [-0.25, -0.2) is 8.42 Å². The summed E-state index contributed by atoms with van der Waals surface area (Å²) in [5.41, 5.74) is 1.13. The van der Waals surface area contributed by atoms with Crippen LogP contribution in [0.25, 0.3) is 10.8 Å². The van der Waals surface area contributed by atoms with Crippen LogP contribution in [-0.2, 0) is 21.2 Å². The van der Waals surface area contributed by atoms with Gasteiger partial charge in [0.15, 0.2) is 0 Å². The molecule has 0 bridgehead atoms. The van der Waals surface area contributed by atoms with Crippen LogP contribution in [0.5, 0.6) is 5.75 Å². The molecule has 0 unspecified atom stereocenters. The third-order valence-electron chi connectivity index (χ3n) is 4.34. The third kappa shape index (κ3) is 4.35. The first-order chi connectivity index (χ1) is 12.9. The van der Waals surface area contributed by atoms with E-state index >= 15 is 0 Å². The summed E-state index contributed by atoms with van der Waals surface area (Å²) in [6.45, 7) is 1.66. The molecule has 0 amide bonds. The van der Waals surface area contributed by atoms with Crippen molar-refractivity contribution in [1.82, 2.24) is 4.31 Å². The smallest absolute Gasteiger partial charge is 0.326 e. The van der Waals surface area contributed by atoms with Gasteiger partial charge in [0.25, 0.3) is 0 Å². The summed E-state index contributed by atoms with van der Waals surface area (Å²) in [6, 6.07) is 19.6. The van der Waals surface area contributed by atoms with E-state index in [0.717, 1.165) is 27.1 Å². The zero-order chi connectivity index (χ0) is 19.4. The highest BCUT2D eigenvalue weighted by Gasteiger charge is 2.24. The van der Waals surface area contributed by atoms with Gasteiger partial charge < -0.3 is 4.74 Å². The fourth-order valence-corrected chi connectivity index (χ4v) is 3.88. The van der Waals surface area contributed by atoms with Crippen molar-refractivity contribution in [2.75, 3.05) is 13.6 Å². The second-order valence-electron chi connectivity index (χ2n) is 6.24. The van der Waals surface area contributed by atoms with Crippen molar-refractivity contribution in [1.29, 1.82) is 0 Å². The molecule has 27 heavy (non-hydrogen) atoms. The van der Waals surface area contributed by atoms with Crippen LogP contribution in [0, 0.1) is 0 Å². The van der Waals surface area contributed by atoms with E-state index in [1.165, 1.54) is 7.05 Å². The van der Waals surface area contributed by atoms with E-state index in [1.54, 1.807) is 30.3 Å². The molecule has 3 aromatic rings. The average Bonchev–Trinajstić information content (AvgIpc) is 2.68. The van der Waals surface area contributed by atoms with Gasteiger partial charge in [0, 0.05) is 7.05 Å². The molecule has 0 saturated carbocycles. The van der Waals surface area contributed by atoms with E-state index in [9.17, 15) is 13.2 Å². The quantitative estimate of drug-likeness (QED) is 0.482. The Labute approximate surface area is 159 Å². The zero-order valence-corrected chi connectivity index (χ0v) is 16.1. The Bertz CT molecular complexity index is 1060. The maximum Gasteiger partial charge on any atom is 0.326 e. The summed E-state index contributed by atoms with van der Waals surface area (Å²) in [7, 11) is -2.43. The average molecular weight is 383 g/mol. The van der Waals surface area contributed by atoms with Crippen LogP contribution >= 0.6 is 0 Å². The molecule has 0 fully saturated rings. The number of sulfonamides is 1. The van der Waals surface area contributed by atoms with E-state index in [4.69, 9.17) is 4.74 Å². The van der Waals surface area contributed by atoms with Crippen molar-refractivity contribution in [3.8, 4) is 5.75 Å². The third-order valence-corrected chi connectivity index (χ3v) is 6.14. The standard InChI is InChI=1S/C21H21NO4S/c1-3-16-8-11-19(12-9-16)26-21(23)15-22(2)27(24,25)20-13-10-17-6-4-5-7-18(17)14-20/h4-14H,3,15H2,1-2H3. The minimum absolute atomic E-state index is 0.142. The number of hydrogen-bond donors (Lipinski definition) is 0. The van der Waals surface area contributed by atoms with Crippen molar-refractivity contribution in [3.05, 3.63) is 72.3 Å². The van der Waals surface area contributed by atoms with Gasteiger partial charge in [0.2, 0.25) is 10.0 Å². The van der Waals surface area contributed by atoms with Crippen molar-refractivity contribution >= 4 is 26.8 Å². The van der Waals surface area contributed by atoms with Gasteiger partial charge in [-0.2, -0.15) is 4.31 Å². The van der Waals surface area contributed by atoms with Crippen LogP contribution in [0.4, 0.5) is 0 Å². The number of benzene rings is 3. The molecule has 0 heterocycles. The molecule has 0 spiro atoms. The lowest BCUT2D eigenvalue weighted by molar-refractivity contribution is -0.134. The summed E-state index contributed by atoms with van der Waals surface area (Å²) >= 11 is 0. The molecule has 0 aliphatic carbocycles. The highest BCUT2D eigenvalue weighted by molar-refractivity contribution is 7.89. The molecule has 0 aliphatic heterocycles. The molecular formula is C21H21NO4S. The van der Waals surface area contributed by atoms with E-state index in [1.807, 2.05) is 43.3 Å². The Kier molecular flexibility index (Phi) is 5.58. The predicted octanol–water partition coefficient (Wildman–Crippen LogP) is 3.63. The largest absolute Gasteiger partial charge is 0.426 e. The first-order valence-electron chi connectivity index (χ1n) is 8.65. The van der Waals surface area contributed by atoms with Crippen LogP contribution in [0.15, 0.2) is 71.6 Å². The number of rotatable bonds is 6. The van der Waals surface area contributed by atoms with E-state index in [2.05, 4.69) is 0 Å². The molecule has 140 valence electrons. The number of carbonyl (C=O) groups is 1. The molecule has 0 radical (unpaired) electrons. The van der Waals surface area contributed by atoms with Gasteiger partial charge in [0.05, 0.1) is 4.90 Å². The number of fused-ring (bicyclic) bond motifs is 1. The Morgan fingerprint density at radius 3 is 2.30 bits per heavy atom. The number of hydrogen-bond acceptors (Lipinski definition) is 4. The van der Waals surface area contributed by atoms with Gasteiger partial charge in [-0.15, -0.1) is 0 Å². The van der Waals surface area contributed by atoms with Crippen LogP contribution in [0.1, 0.15) is 12.5 Å². The first-order valence-corrected chi connectivity index (χ1v) is 10.1. The summed E-state index contributed by atoms with van der Waals surface area (Å²) in [5.74, 6) is -0.236. The van der Waals surface area contributed by atoms with Crippen LogP contribution in [-0.4, -0.2) is 32.3 Å². The first kappa shape index (κ1) is 19.1. The highest BCUT2D eigenvalue weighted by Crippen LogP contribution is 2.21. The predicted molar refractivity (Wildman–Crippen MR) is 105 cm³/mol. The van der Waals surface area contributed by atoms with Gasteiger partial charge in [-0.05, 0) is 47.0 Å². The van der Waals surface area contributed by atoms with E-state index in [0.29, 0.717) is 5.75 Å². The number of aryl methyl sites for hydroxylation is 1. The minimum atomic E-state index is -3.80. The molecule has 0 aromatic heterocycles. The molecule has 5 nitrogen and oxygen atoms in total. The topological polar surface area (TPSA) is 63.7 Å².